The first-order valence-electron chi connectivity index (χ1n) is 12.7. The number of rotatable bonds is 22. The van der Waals surface area contributed by atoms with Crippen molar-refractivity contribution in [1.29, 1.82) is 0 Å². The van der Waals surface area contributed by atoms with Gasteiger partial charge in [0.05, 0.1) is 6.61 Å². The molecule has 0 radical (unpaired) electrons. The molecule has 0 unspecified atom stereocenters. The summed E-state index contributed by atoms with van der Waals surface area (Å²) in [5.41, 5.74) is 0. The van der Waals surface area contributed by atoms with Crippen LogP contribution in [0.4, 0.5) is 0 Å². The summed E-state index contributed by atoms with van der Waals surface area (Å²) in [6.07, 6.45) is 19.1. The molecular weight excluding hydrogens is 360 g/mol. The van der Waals surface area contributed by atoms with Crippen molar-refractivity contribution in [2.45, 2.75) is 117 Å². The van der Waals surface area contributed by atoms with Gasteiger partial charge in [-0.3, -0.25) is 4.79 Å². The third-order valence-corrected chi connectivity index (χ3v) is 5.77. The zero-order chi connectivity index (χ0) is 21.6. The second-order valence-corrected chi connectivity index (χ2v) is 9.04. The SMILES string of the molecule is CCN(CCO)CCCNC(=O)CCCCCCCCCCCCCCC(C)C. The minimum Gasteiger partial charge on any atom is -0.395 e. The van der Waals surface area contributed by atoms with E-state index in [0.29, 0.717) is 6.42 Å². The Bertz CT molecular complexity index is 348. The van der Waals surface area contributed by atoms with Gasteiger partial charge in [-0.1, -0.05) is 97.8 Å². The Labute approximate surface area is 182 Å². The van der Waals surface area contributed by atoms with E-state index in [1.807, 2.05) is 0 Å². The Kier molecular flexibility index (Phi) is 21.6. The van der Waals surface area contributed by atoms with Crippen LogP contribution in [0.25, 0.3) is 0 Å². The summed E-state index contributed by atoms with van der Waals surface area (Å²) >= 11 is 0. The number of aliphatic hydroxyl groups is 1. The van der Waals surface area contributed by atoms with Crippen LogP contribution in [0.15, 0.2) is 0 Å². The van der Waals surface area contributed by atoms with E-state index in [2.05, 4.69) is 31.0 Å². The third kappa shape index (κ3) is 21.9. The van der Waals surface area contributed by atoms with Gasteiger partial charge < -0.3 is 15.3 Å². The molecular formula is C25H52N2O2. The molecule has 0 fully saturated rings. The number of likely N-dealkylation sites (N-methyl/N-ethyl adjacent to an activating group) is 1. The van der Waals surface area contributed by atoms with Crippen molar-refractivity contribution in [2.75, 3.05) is 32.8 Å². The second-order valence-electron chi connectivity index (χ2n) is 9.04. The summed E-state index contributed by atoms with van der Waals surface area (Å²) in [6.45, 7) is 10.3. The highest BCUT2D eigenvalue weighted by molar-refractivity contribution is 5.75. The number of aliphatic hydroxyl groups excluding tert-OH is 1. The highest BCUT2D eigenvalue weighted by Gasteiger charge is 2.03. The molecule has 0 heterocycles. The van der Waals surface area contributed by atoms with E-state index in [1.54, 1.807) is 0 Å². The van der Waals surface area contributed by atoms with Crippen LogP contribution in [0.3, 0.4) is 0 Å². The Hall–Kier alpha value is -0.610. The summed E-state index contributed by atoms with van der Waals surface area (Å²) in [4.78, 5) is 14.1. The number of unbranched alkanes of at least 4 members (excludes halogenated alkanes) is 11. The first-order chi connectivity index (χ1) is 14.1. The molecule has 0 aliphatic carbocycles. The standard InChI is InChI=1S/C25H52N2O2/c1-4-27(22-23-28)21-17-20-26-25(29)19-16-14-12-10-8-6-5-7-9-11-13-15-18-24(2)3/h24,28H,4-23H2,1-3H3,(H,26,29). The van der Waals surface area contributed by atoms with Gasteiger partial charge in [-0.15, -0.1) is 0 Å². The van der Waals surface area contributed by atoms with Crippen molar-refractivity contribution < 1.29 is 9.90 Å². The van der Waals surface area contributed by atoms with E-state index in [1.165, 1.54) is 77.0 Å². The van der Waals surface area contributed by atoms with Crippen LogP contribution in [0.2, 0.25) is 0 Å². The van der Waals surface area contributed by atoms with Crippen molar-refractivity contribution in [1.82, 2.24) is 10.2 Å². The summed E-state index contributed by atoms with van der Waals surface area (Å²) in [5, 5.41) is 12.0. The normalized spacial score (nSPS) is 11.5. The first kappa shape index (κ1) is 28.4. The van der Waals surface area contributed by atoms with Gasteiger partial charge in [0.15, 0.2) is 0 Å². The van der Waals surface area contributed by atoms with Crippen LogP contribution in [0.5, 0.6) is 0 Å². The van der Waals surface area contributed by atoms with Crippen LogP contribution < -0.4 is 5.32 Å². The van der Waals surface area contributed by atoms with Gasteiger partial charge in [-0.25, -0.2) is 0 Å². The van der Waals surface area contributed by atoms with Gasteiger partial charge in [0.2, 0.25) is 5.91 Å². The van der Waals surface area contributed by atoms with Gasteiger partial charge in [0.25, 0.3) is 0 Å². The molecule has 0 aliphatic heterocycles. The largest absolute Gasteiger partial charge is 0.395 e. The number of nitrogens with zero attached hydrogens (tertiary/aromatic N) is 1. The van der Waals surface area contributed by atoms with E-state index in [9.17, 15) is 4.79 Å². The number of hydrogen-bond donors (Lipinski definition) is 2. The summed E-state index contributed by atoms with van der Waals surface area (Å²) in [5.74, 6) is 1.06. The molecule has 29 heavy (non-hydrogen) atoms. The van der Waals surface area contributed by atoms with Crippen molar-refractivity contribution in [2.24, 2.45) is 5.92 Å². The van der Waals surface area contributed by atoms with Crippen molar-refractivity contribution in [3.05, 3.63) is 0 Å². The van der Waals surface area contributed by atoms with Crippen LogP contribution in [-0.2, 0) is 4.79 Å². The molecule has 0 aromatic rings. The Morgan fingerprint density at radius 2 is 1.31 bits per heavy atom. The molecule has 0 aromatic heterocycles. The number of nitrogens with one attached hydrogen (secondary N) is 1. The summed E-state index contributed by atoms with van der Waals surface area (Å²) in [7, 11) is 0. The second kappa shape index (κ2) is 22.1. The molecule has 1 amide bonds. The molecule has 0 aliphatic rings. The third-order valence-electron chi connectivity index (χ3n) is 5.77. The molecule has 4 heteroatoms. The topological polar surface area (TPSA) is 52.6 Å². The molecule has 0 atom stereocenters. The molecule has 0 bridgehead atoms. The Morgan fingerprint density at radius 1 is 0.793 bits per heavy atom. The lowest BCUT2D eigenvalue weighted by molar-refractivity contribution is -0.121. The predicted octanol–water partition coefficient (Wildman–Crippen LogP) is 5.92. The van der Waals surface area contributed by atoms with Crippen LogP contribution >= 0.6 is 0 Å². The lowest BCUT2D eigenvalue weighted by Gasteiger charge is -2.18. The maximum Gasteiger partial charge on any atom is 0.219 e. The van der Waals surface area contributed by atoms with Gasteiger partial charge in [0.1, 0.15) is 0 Å². The number of hydrogen-bond acceptors (Lipinski definition) is 3. The maximum absolute atomic E-state index is 11.9. The quantitative estimate of drug-likeness (QED) is 0.217. The lowest BCUT2D eigenvalue weighted by atomic mass is 10.0. The van der Waals surface area contributed by atoms with Gasteiger partial charge >= 0.3 is 0 Å². The fourth-order valence-corrected chi connectivity index (χ4v) is 3.79. The average molecular weight is 413 g/mol. The van der Waals surface area contributed by atoms with Crippen molar-refractivity contribution >= 4 is 5.91 Å². The molecule has 0 spiro atoms. The van der Waals surface area contributed by atoms with E-state index in [0.717, 1.165) is 44.9 Å². The zero-order valence-corrected chi connectivity index (χ0v) is 20.0. The van der Waals surface area contributed by atoms with Crippen LogP contribution in [-0.4, -0.2) is 48.7 Å². The summed E-state index contributed by atoms with van der Waals surface area (Å²) in [6, 6.07) is 0. The molecule has 0 aromatic carbocycles. The maximum atomic E-state index is 11.9. The molecule has 0 saturated heterocycles. The highest BCUT2D eigenvalue weighted by atomic mass is 16.3. The van der Waals surface area contributed by atoms with E-state index in [4.69, 9.17) is 5.11 Å². The Balaban J connectivity index is 3.25. The van der Waals surface area contributed by atoms with Crippen molar-refractivity contribution in [3.8, 4) is 0 Å². The first-order valence-corrected chi connectivity index (χ1v) is 12.7. The Morgan fingerprint density at radius 3 is 1.79 bits per heavy atom. The van der Waals surface area contributed by atoms with Gasteiger partial charge in [0, 0.05) is 19.5 Å². The fourth-order valence-electron chi connectivity index (χ4n) is 3.79. The zero-order valence-electron chi connectivity index (χ0n) is 20.0. The van der Waals surface area contributed by atoms with Crippen LogP contribution in [0, 0.1) is 5.92 Å². The van der Waals surface area contributed by atoms with Gasteiger partial charge in [-0.2, -0.15) is 0 Å². The number of carbonyl (C=O) groups excluding carboxylic acids is 1. The molecule has 0 rings (SSSR count). The van der Waals surface area contributed by atoms with Crippen LogP contribution in [0.1, 0.15) is 117 Å². The average Bonchev–Trinajstić information content (AvgIpc) is 2.70. The molecule has 2 N–H and O–H groups in total. The predicted molar refractivity (Wildman–Crippen MR) is 126 cm³/mol. The highest BCUT2D eigenvalue weighted by Crippen LogP contribution is 2.14. The number of carbonyl (C=O) groups is 1. The monoisotopic (exact) mass is 412 g/mol. The summed E-state index contributed by atoms with van der Waals surface area (Å²) < 4.78 is 0. The minimum absolute atomic E-state index is 0.198. The van der Waals surface area contributed by atoms with E-state index < -0.39 is 0 Å². The van der Waals surface area contributed by atoms with Crippen molar-refractivity contribution in [3.63, 3.8) is 0 Å². The molecule has 4 nitrogen and oxygen atoms in total. The van der Waals surface area contributed by atoms with E-state index >= 15 is 0 Å². The number of amides is 1. The molecule has 0 saturated carbocycles. The smallest absolute Gasteiger partial charge is 0.219 e. The lowest BCUT2D eigenvalue weighted by Crippen LogP contribution is -2.31. The minimum atomic E-state index is 0.198. The van der Waals surface area contributed by atoms with E-state index in [-0.39, 0.29) is 12.5 Å². The fraction of sp³-hybridized carbons (Fsp3) is 0.960. The van der Waals surface area contributed by atoms with Gasteiger partial charge in [-0.05, 0) is 31.8 Å². The molecule has 174 valence electrons.